The highest BCUT2D eigenvalue weighted by atomic mass is 16.3. The van der Waals surface area contributed by atoms with Crippen molar-refractivity contribution in [1.29, 1.82) is 0 Å². The molecular weight excluding hydrogens is 400 g/mol. The predicted molar refractivity (Wildman–Crippen MR) is 133 cm³/mol. The number of hydrogen-bond acceptors (Lipinski definition) is 4. The molecule has 0 bridgehead atoms. The fourth-order valence-electron chi connectivity index (χ4n) is 3.64. The van der Waals surface area contributed by atoms with Crippen molar-refractivity contribution in [3.05, 3.63) is 42.0 Å². The monoisotopic (exact) mass is 444 g/mol. The molecule has 32 heavy (non-hydrogen) atoms. The Hall–Kier alpha value is -1.98. The number of nitrogens with one attached hydrogen (secondary N) is 2. The molecule has 0 fully saturated rings. The number of amides is 1. The van der Waals surface area contributed by atoms with Crippen molar-refractivity contribution in [3.8, 4) is 0 Å². The zero-order valence-electron chi connectivity index (χ0n) is 19.9. The standard InChI is InChI=1S/C27H44N2O3/c1-2-3-4-5-6-7-8-9-10-11-12-16-21-28-22-26(31)25(23-30)29-27(32)20-19-24-17-14-13-15-18-24/h13-15,17-20,23,25-26,28,31H,2-12,16,21-22H2,1H3,(H,29,32)/b20-19+/t25-,26+/m1/s1. The molecule has 1 rings (SSSR count). The van der Waals surface area contributed by atoms with Crippen molar-refractivity contribution < 1.29 is 14.7 Å². The van der Waals surface area contributed by atoms with E-state index in [1.54, 1.807) is 6.08 Å². The molecule has 5 nitrogen and oxygen atoms in total. The van der Waals surface area contributed by atoms with E-state index in [0.29, 0.717) is 6.29 Å². The average molecular weight is 445 g/mol. The highest BCUT2D eigenvalue weighted by Gasteiger charge is 2.19. The Kier molecular flexibility index (Phi) is 17.3. The third-order valence-corrected chi connectivity index (χ3v) is 5.66. The second-order valence-corrected chi connectivity index (χ2v) is 8.58. The van der Waals surface area contributed by atoms with Gasteiger partial charge in [0.2, 0.25) is 5.91 Å². The lowest BCUT2D eigenvalue weighted by atomic mass is 10.1. The first kappa shape index (κ1) is 28.1. The molecule has 2 atom stereocenters. The van der Waals surface area contributed by atoms with Crippen LogP contribution in [0.2, 0.25) is 0 Å². The van der Waals surface area contributed by atoms with Gasteiger partial charge in [-0.2, -0.15) is 0 Å². The Morgan fingerprint density at radius 3 is 2.03 bits per heavy atom. The van der Waals surface area contributed by atoms with Crippen molar-refractivity contribution >= 4 is 18.3 Å². The van der Waals surface area contributed by atoms with Gasteiger partial charge in [0, 0.05) is 12.6 Å². The third-order valence-electron chi connectivity index (χ3n) is 5.66. The number of hydrogen-bond donors (Lipinski definition) is 3. The van der Waals surface area contributed by atoms with Gasteiger partial charge in [0.1, 0.15) is 12.3 Å². The fraction of sp³-hybridized carbons (Fsp3) is 0.630. The molecule has 0 aliphatic heterocycles. The Bertz CT molecular complexity index is 619. The lowest BCUT2D eigenvalue weighted by molar-refractivity contribution is -0.122. The smallest absolute Gasteiger partial charge is 0.244 e. The van der Waals surface area contributed by atoms with E-state index in [9.17, 15) is 14.7 Å². The zero-order valence-corrected chi connectivity index (χ0v) is 19.9. The second-order valence-electron chi connectivity index (χ2n) is 8.58. The van der Waals surface area contributed by atoms with Crippen LogP contribution in [0.3, 0.4) is 0 Å². The predicted octanol–water partition coefficient (Wildman–Crippen LogP) is 5.04. The van der Waals surface area contributed by atoms with Crippen molar-refractivity contribution in [1.82, 2.24) is 10.6 Å². The number of aliphatic hydroxyl groups is 1. The quantitative estimate of drug-likeness (QED) is 0.150. The summed E-state index contributed by atoms with van der Waals surface area (Å²) < 4.78 is 0. The Labute approximate surface area is 195 Å². The molecule has 0 aromatic heterocycles. The maximum Gasteiger partial charge on any atom is 0.244 e. The summed E-state index contributed by atoms with van der Waals surface area (Å²) in [6.07, 6.45) is 18.4. The van der Waals surface area contributed by atoms with Gasteiger partial charge in [0.15, 0.2) is 0 Å². The molecule has 0 unspecified atom stereocenters. The summed E-state index contributed by atoms with van der Waals surface area (Å²) >= 11 is 0. The molecule has 1 amide bonds. The minimum Gasteiger partial charge on any atom is -0.389 e. The van der Waals surface area contributed by atoms with E-state index >= 15 is 0 Å². The van der Waals surface area contributed by atoms with E-state index in [1.165, 1.54) is 76.7 Å². The van der Waals surface area contributed by atoms with Gasteiger partial charge in [-0.15, -0.1) is 0 Å². The van der Waals surface area contributed by atoms with E-state index in [2.05, 4.69) is 17.6 Å². The van der Waals surface area contributed by atoms with Crippen molar-refractivity contribution in [2.24, 2.45) is 0 Å². The van der Waals surface area contributed by atoms with Crippen LogP contribution in [-0.4, -0.2) is 42.5 Å². The molecule has 0 aliphatic carbocycles. The lowest BCUT2D eigenvalue weighted by Crippen LogP contribution is -2.48. The van der Waals surface area contributed by atoms with Gasteiger partial charge in [0.05, 0.1) is 6.10 Å². The highest BCUT2D eigenvalue weighted by molar-refractivity contribution is 5.93. The van der Waals surface area contributed by atoms with Gasteiger partial charge in [-0.25, -0.2) is 0 Å². The first-order valence-electron chi connectivity index (χ1n) is 12.5. The van der Waals surface area contributed by atoms with Crippen LogP contribution < -0.4 is 10.6 Å². The summed E-state index contributed by atoms with van der Waals surface area (Å²) in [5.74, 6) is -0.397. The summed E-state index contributed by atoms with van der Waals surface area (Å²) in [7, 11) is 0. The Balaban J connectivity index is 2.02. The van der Waals surface area contributed by atoms with Gasteiger partial charge in [0.25, 0.3) is 0 Å². The zero-order chi connectivity index (χ0) is 23.3. The van der Waals surface area contributed by atoms with Crippen molar-refractivity contribution in [3.63, 3.8) is 0 Å². The second kappa shape index (κ2) is 19.7. The molecule has 0 heterocycles. The van der Waals surface area contributed by atoms with Crippen LogP contribution >= 0.6 is 0 Å². The Morgan fingerprint density at radius 1 is 0.906 bits per heavy atom. The molecule has 3 N–H and O–H groups in total. The van der Waals surface area contributed by atoms with Crippen LogP contribution in [0.4, 0.5) is 0 Å². The SMILES string of the molecule is CCCCCCCCCCCCCCNC[C@H](O)[C@@H](C=O)NC(=O)/C=C/c1ccccc1. The van der Waals surface area contributed by atoms with E-state index < -0.39 is 18.1 Å². The molecule has 5 heteroatoms. The maximum absolute atomic E-state index is 12.0. The number of aldehydes is 1. The van der Waals surface area contributed by atoms with Crippen molar-refractivity contribution in [2.45, 2.75) is 96.1 Å². The maximum atomic E-state index is 12.0. The van der Waals surface area contributed by atoms with Gasteiger partial charge < -0.3 is 20.5 Å². The number of aliphatic hydroxyl groups excluding tert-OH is 1. The summed E-state index contributed by atoms with van der Waals surface area (Å²) in [6, 6.07) is 8.53. The summed E-state index contributed by atoms with van der Waals surface area (Å²) in [5.41, 5.74) is 0.898. The minimum absolute atomic E-state index is 0.282. The van der Waals surface area contributed by atoms with Crippen LogP contribution in [0, 0.1) is 0 Å². The Morgan fingerprint density at radius 2 is 1.47 bits per heavy atom. The molecule has 0 spiro atoms. The number of unbranched alkanes of at least 4 members (excludes halogenated alkanes) is 11. The molecule has 0 radical (unpaired) electrons. The van der Waals surface area contributed by atoms with Crippen LogP contribution in [0.1, 0.15) is 89.5 Å². The summed E-state index contributed by atoms with van der Waals surface area (Å²) in [6.45, 7) is 3.35. The van der Waals surface area contributed by atoms with Crippen LogP contribution in [0.5, 0.6) is 0 Å². The molecule has 180 valence electrons. The van der Waals surface area contributed by atoms with Gasteiger partial charge >= 0.3 is 0 Å². The van der Waals surface area contributed by atoms with Crippen LogP contribution in [0.15, 0.2) is 36.4 Å². The first-order valence-corrected chi connectivity index (χ1v) is 12.5. The molecule has 0 saturated carbocycles. The van der Waals surface area contributed by atoms with E-state index in [0.717, 1.165) is 18.5 Å². The van der Waals surface area contributed by atoms with Gasteiger partial charge in [-0.05, 0) is 24.6 Å². The molecule has 1 aromatic carbocycles. The molecule has 0 aliphatic rings. The molecule has 1 aromatic rings. The first-order chi connectivity index (χ1) is 15.7. The number of benzene rings is 1. The highest BCUT2D eigenvalue weighted by Crippen LogP contribution is 2.11. The van der Waals surface area contributed by atoms with E-state index in [-0.39, 0.29) is 6.54 Å². The van der Waals surface area contributed by atoms with E-state index in [4.69, 9.17) is 0 Å². The minimum atomic E-state index is -0.945. The summed E-state index contributed by atoms with van der Waals surface area (Å²) in [5, 5.41) is 15.9. The number of rotatable bonds is 20. The van der Waals surface area contributed by atoms with Crippen LogP contribution in [-0.2, 0) is 9.59 Å². The lowest BCUT2D eigenvalue weighted by Gasteiger charge is -2.19. The van der Waals surface area contributed by atoms with Crippen LogP contribution in [0.25, 0.3) is 6.08 Å². The van der Waals surface area contributed by atoms with Gasteiger partial charge in [-0.1, -0.05) is 108 Å². The normalized spacial score (nSPS) is 13.2. The van der Waals surface area contributed by atoms with Crippen molar-refractivity contribution in [2.75, 3.05) is 13.1 Å². The largest absolute Gasteiger partial charge is 0.389 e. The molecule has 0 saturated heterocycles. The third kappa shape index (κ3) is 14.9. The number of carbonyl (C=O) groups is 2. The average Bonchev–Trinajstić information content (AvgIpc) is 2.82. The number of carbonyl (C=O) groups excluding carboxylic acids is 2. The fourth-order valence-corrected chi connectivity index (χ4v) is 3.64. The van der Waals surface area contributed by atoms with E-state index in [1.807, 2.05) is 30.3 Å². The van der Waals surface area contributed by atoms with Gasteiger partial charge in [-0.3, -0.25) is 4.79 Å². The molecular formula is C27H44N2O3. The topological polar surface area (TPSA) is 78.4 Å². The summed E-state index contributed by atoms with van der Waals surface area (Å²) in [4.78, 5) is 23.3.